The summed E-state index contributed by atoms with van der Waals surface area (Å²) in [5.74, 6) is -1.44. The van der Waals surface area contributed by atoms with Crippen molar-refractivity contribution in [1.29, 1.82) is 0 Å². The van der Waals surface area contributed by atoms with E-state index in [0.29, 0.717) is 0 Å². The van der Waals surface area contributed by atoms with E-state index >= 15 is 0 Å². The Kier molecular flexibility index (Phi) is 7.43. The van der Waals surface area contributed by atoms with Crippen LogP contribution in [0.1, 0.15) is 13.3 Å². The summed E-state index contributed by atoms with van der Waals surface area (Å²) in [6.45, 7) is 1.45. The lowest BCUT2D eigenvalue weighted by Gasteiger charge is -2.09. The normalized spacial score (nSPS) is 13.0. The Hall–Kier alpha value is -1.23. The smallest absolute Gasteiger partial charge is 0.320 e. The van der Waals surface area contributed by atoms with E-state index in [1.807, 2.05) is 0 Å². The van der Waals surface area contributed by atoms with E-state index in [1.165, 1.54) is 6.92 Å². The topological polar surface area (TPSA) is 151 Å². The summed E-state index contributed by atoms with van der Waals surface area (Å²) in [6.07, 6.45) is -0.0120. The first-order chi connectivity index (χ1) is 8.24. The van der Waals surface area contributed by atoms with Crippen LogP contribution in [0.25, 0.3) is 0 Å². The maximum atomic E-state index is 11.3. The average molecular weight is 282 g/mol. The Labute approximate surface area is 105 Å². The Morgan fingerprint density at radius 3 is 2.28 bits per heavy atom. The molecule has 0 aliphatic carbocycles. The van der Waals surface area contributed by atoms with Gasteiger partial charge in [-0.2, -0.15) is 8.42 Å². The molecule has 0 rings (SSSR count). The van der Waals surface area contributed by atoms with Crippen molar-refractivity contribution in [2.24, 2.45) is 5.73 Å². The fourth-order valence-electron chi connectivity index (χ4n) is 0.947. The Morgan fingerprint density at radius 1 is 1.22 bits per heavy atom. The minimum absolute atomic E-state index is 0.0120. The highest BCUT2D eigenvalue weighted by atomic mass is 32.2. The highest BCUT2D eigenvalue weighted by Gasteiger charge is 2.13. The number of carbonyl (C=O) groups is 2. The number of hydrogen-bond donors (Lipinski definition) is 5. The summed E-state index contributed by atoms with van der Waals surface area (Å²) in [5.41, 5.74) is 5.20. The largest absolute Gasteiger partial charge is 0.480 e. The summed E-state index contributed by atoms with van der Waals surface area (Å²) in [6, 6.07) is -1.10. The minimum Gasteiger partial charge on any atom is -0.480 e. The third-order valence-corrected chi connectivity index (χ3v) is 3.02. The number of carbonyl (C=O) groups excluding carboxylic acids is 1. The van der Waals surface area contributed by atoms with Crippen molar-refractivity contribution in [3.05, 3.63) is 0 Å². The van der Waals surface area contributed by atoms with Crippen molar-refractivity contribution >= 4 is 22.1 Å². The molecule has 10 heteroatoms. The number of carboxylic acid groups (broad SMARTS) is 1. The van der Waals surface area contributed by atoms with E-state index in [2.05, 4.69) is 14.8 Å². The molecule has 1 amide bonds. The van der Waals surface area contributed by atoms with Gasteiger partial charge in [-0.1, -0.05) is 0 Å². The van der Waals surface area contributed by atoms with Crippen LogP contribution >= 0.6 is 0 Å². The van der Waals surface area contributed by atoms with E-state index in [-0.39, 0.29) is 32.0 Å². The molecule has 0 aromatic carbocycles. The first kappa shape index (κ1) is 16.8. The molecular formula is C8H18N4O5S. The average Bonchev–Trinajstić information content (AvgIpc) is 2.23. The summed E-state index contributed by atoms with van der Waals surface area (Å²) >= 11 is 0. The van der Waals surface area contributed by atoms with Crippen molar-refractivity contribution in [2.75, 3.05) is 19.6 Å². The monoisotopic (exact) mass is 282 g/mol. The maximum Gasteiger partial charge on any atom is 0.320 e. The van der Waals surface area contributed by atoms with Gasteiger partial charge in [0.15, 0.2) is 0 Å². The predicted molar refractivity (Wildman–Crippen MR) is 63.8 cm³/mol. The number of aliphatic carboxylic acids is 1. The second-order valence-corrected chi connectivity index (χ2v) is 5.09. The number of nitrogens with two attached hydrogens (primary N) is 1. The molecule has 9 nitrogen and oxygen atoms in total. The van der Waals surface area contributed by atoms with E-state index < -0.39 is 22.2 Å². The Balaban J connectivity index is 3.80. The van der Waals surface area contributed by atoms with Gasteiger partial charge in [0.1, 0.15) is 6.04 Å². The number of amides is 1. The van der Waals surface area contributed by atoms with Crippen LogP contribution in [-0.4, -0.2) is 51.1 Å². The standard InChI is InChI=1S/C8H18N4O5S/c1-6(13)10-4-5-12-18(16,17)11-3-2-7(9)8(14)15/h7,11-12H,2-5,9H2,1H3,(H,10,13)(H,14,15)/t7-/m0/s1. The third kappa shape index (κ3) is 8.87. The van der Waals surface area contributed by atoms with E-state index in [9.17, 15) is 18.0 Å². The molecular weight excluding hydrogens is 264 g/mol. The lowest BCUT2D eigenvalue weighted by molar-refractivity contribution is -0.138. The predicted octanol–water partition coefficient (Wildman–Crippen LogP) is -2.65. The van der Waals surface area contributed by atoms with Crippen molar-refractivity contribution in [1.82, 2.24) is 14.8 Å². The second-order valence-electron chi connectivity index (χ2n) is 3.51. The zero-order valence-electron chi connectivity index (χ0n) is 9.97. The molecule has 0 heterocycles. The molecule has 0 aliphatic rings. The molecule has 0 aromatic rings. The lowest BCUT2D eigenvalue weighted by Crippen LogP contribution is -2.42. The molecule has 0 spiro atoms. The molecule has 6 N–H and O–H groups in total. The van der Waals surface area contributed by atoms with Gasteiger partial charge in [-0.25, -0.2) is 9.44 Å². The molecule has 0 radical (unpaired) electrons. The molecule has 18 heavy (non-hydrogen) atoms. The van der Waals surface area contributed by atoms with E-state index in [0.717, 1.165) is 0 Å². The van der Waals surface area contributed by atoms with Gasteiger partial charge < -0.3 is 16.2 Å². The lowest BCUT2D eigenvalue weighted by atomic mass is 10.2. The van der Waals surface area contributed by atoms with Gasteiger partial charge >= 0.3 is 5.97 Å². The molecule has 0 saturated carbocycles. The van der Waals surface area contributed by atoms with Crippen molar-refractivity contribution in [2.45, 2.75) is 19.4 Å². The second kappa shape index (κ2) is 7.97. The van der Waals surface area contributed by atoms with Gasteiger partial charge in [-0.3, -0.25) is 9.59 Å². The summed E-state index contributed by atoms with van der Waals surface area (Å²) < 4.78 is 26.9. The molecule has 0 unspecified atom stereocenters. The maximum absolute atomic E-state index is 11.3. The Morgan fingerprint density at radius 2 is 1.78 bits per heavy atom. The zero-order chi connectivity index (χ0) is 14.2. The van der Waals surface area contributed by atoms with Crippen LogP contribution in [0.15, 0.2) is 0 Å². The van der Waals surface area contributed by atoms with Gasteiger partial charge in [0.2, 0.25) is 5.91 Å². The first-order valence-corrected chi connectivity index (χ1v) is 6.70. The molecule has 0 aliphatic heterocycles. The quantitative estimate of drug-likeness (QED) is 0.291. The van der Waals surface area contributed by atoms with Gasteiger partial charge in [0.05, 0.1) is 0 Å². The molecule has 1 atom stereocenters. The molecule has 0 saturated heterocycles. The third-order valence-electron chi connectivity index (χ3n) is 1.86. The van der Waals surface area contributed by atoms with Crippen LogP contribution < -0.4 is 20.5 Å². The van der Waals surface area contributed by atoms with Crippen LogP contribution in [0, 0.1) is 0 Å². The van der Waals surface area contributed by atoms with Crippen LogP contribution in [0.4, 0.5) is 0 Å². The number of hydrogen-bond acceptors (Lipinski definition) is 5. The molecule has 0 bridgehead atoms. The van der Waals surface area contributed by atoms with Crippen LogP contribution in [0.5, 0.6) is 0 Å². The summed E-state index contributed by atoms with van der Waals surface area (Å²) in [5, 5.41) is 10.9. The van der Waals surface area contributed by atoms with Gasteiger partial charge in [-0.15, -0.1) is 0 Å². The summed E-state index contributed by atoms with van der Waals surface area (Å²) in [4.78, 5) is 20.9. The van der Waals surface area contributed by atoms with Crippen molar-refractivity contribution < 1.29 is 23.1 Å². The minimum atomic E-state index is -3.70. The van der Waals surface area contributed by atoms with E-state index in [1.54, 1.807) is 0 Å². The van der Waals surface area contributed by atoms with Gasteiger partial charge in [0.25, 0.3) is 10.2 Å². The number of carboxylic acids is 1. The van der Waals surface area contributed by atoms with Crippen molar-refractivity contribution in [3.63, 3.8) is 0 Å². The zero-order valence-corrected chi connectivity index (χ0v) is 10.8. The molecule has 0 fully saturated rings. The highest BCUT2D eigenvalue weighted by Crippen LogP contribution is 1.87. The van der Waals surface area contributed by atoms with Crippen LogP contribution in [0.3, 0.4) is 0 Å². The fraction of sp³-hybridized carbons (Fsp3) is 0.750. The van der Waals surface area contributed by atoms with Crippen molar-refractivity contribution in [3.8, 4) is 0 Å². The Bertz CT molecular complexity index is 383. The molecule has 0 aromatic heterocycles. The number of rotatable bonds is 9. The van der Waals surface area contributed by atoms with Gasteiger partial charge in [-0.05, 0) is 6.42 Å². The van der Waals surface area contributed by atoms with Gasteiger partial charge in [0, 0.05) is 26.6 Å². The SMILES string of the molecule is CC(=O)NCCNS(=O)(=O)NCC[C@H](N)C(=O)O. The first-order valence-electron chi connectivity index (χ1n) is 5.21. The fourth-order valence-corrected chi connectivity index (χ4v) is 1.81. The number of nitrogens with one attached hydrogen (secondary N) is 3. The highest BCUT2D eigenvalue weighted by molar-refractivity contribution is 7.87. The summed E-state index contributed by atoms with van der Waals surface area (Å²) in [7, 11) is -3.70. The van der Waals surface area contributed by atoms with Crippen LogP contribution in [-0.2, 0) is 19.8 Å². The van der Waals surface area contributed by atoms with E-state index in [4.69, 9.17) is 10.8 Å². The molecule has 106 valence electrons. The van der Waals surface area contributed by atoms with Crippen LogP contribution in [0.2, 0.25) is 0 Å².